The molecule has 1 aromatic rings. The van der Waals surface area contributed by atoms with E-state index in [2.05, 4.69) is 20.9 Å². The molecule has 0 spiro atoms. The molecular formula is C11H19N5O. The maximum atomic E-state index is 5.43. The second-order valence-electron chi connectivity index (χ2n) is 4.37. The Morgan fingerprint density at radius 3 is 2.94 bits per heavy atom. The van der Waals surface area contributed by atoms with E-state index in [4.69, 9.17) is 10.4 Å². The Morgan fingerprint density at radius 1 is 1.59 bits per heavy atom. The molecule has 0 amide bonds. The van der Waals surface area contributed by atoms with Crippen molar-refractivity contribution < 1.29 is 4.52 Å². The fourth-order valence-electron chi connectivity index (χ4n) is 2.04. The summed E-state index contributed by atoms with van der Waals surface area (Å²) in [5.74, 6) is 6.79. The molecule has 1 aromatic heterocycles. The van der Waals surface area contributed by atoms with Crippen molar-refractivity contribution in [1.82, 2.24) is 15.9 Å². The van der Waals surface area contributed by atoms with Crippen LogP contribution in [0.25, 0.3) is 0 Å². The zero-order valence-corrected chi connectivity index (χ0v) is 10.1. The maximum absolute atomic E-state index is 5.43. The van der Waals surface area contributed by atoms with Crippen molar-refractivity contribution in [1.29, 1.82) is 0 Å². The minimum Gasteiger partial charge on any atom is -0.359 e. The molecule has 1 heterocycles. The number of guanidine groups is 1. The standard InChI is InChI=1S/C11H19N5O/c1-8-6-10(17-16-8)7-13-11(15-12)14-9-4-2-3-5-9/h6,9H,2-5,7,12H2,1H3,(H2,13,14,15). The Kier molecular flexibility index (Phi) is 3.98. The van der Waals surface area contributed by atoms with Gasteiger partial charge in [-0.2, -0.15) is 0 Å². The highest BCUT2D eigenvalue weighted by Crippen LogP contribution is 2.17. The predicted molar refractivity (Wildman–Crippen MR) is 65.1 cm³/mol. The number of aliphatic imine (C=N–C) groups is 1. The first-order valence-corrected chi connectivity index (χ1v) is 5.97. The van der Waals surface area contributed by atoms with E-state index in [0.717, 1.165) is 11.5 Å². The number of nitrogens with one attached hydrogen (secondary N) is 2. The van der Waals surface area contributed by atoms with Crippen LogP contribution in [0.4, 0.5) is 0 Å². The third-order valence-electron chi connectivity index (χ3n) is 2.90. The first kappa shape index (κ1) is 11.9. The molecule has 0 radical (unpaired) electrons. The summed E-state index contributed by atoms with van der Waals surface area (Å²) in [5.41, 5.74) is 3.45. The van der Waals surface area contributed by atoms with Gasteiger partial charge in [-0.1, -0.05) is 18.0 Å². The van der Waals surface area contributed by atoms with Crippen LogP contribution in [0.3, 0.4) is 0 Å². The van der Waals surface area contributed by atoms with Crippen molar-refractivity contribution in [3.8, 4) is 0 Å². The Bertz CT molecular complexity index is 381. The molecule has 17 heavy (non-hydrogen) atoms. The summed E-state index contributed by atoms with van der Waals surface area (Å²) in [4.78, 5) is 4.32. The SMILES string of the molecule is Cc1cc(CN=C(NN)NC2CCCC2)on1. The molecule has 6 heteroatoms. The fourth-order valence-corrected chi connectivity index (χ4v) is 2.04. The van der Waals surface area contributed by atoms with Crippen molar-refractivity contribution in [2.75, 3.05) is 0 Å². The van der Waals surface area contributed by atoms with E-state index in [1.54, 1.807) is 0 Å². The summed E-state index contributed by atoms with van der Waals surface area (Å²) in [5, 5.41) is 7.10. The maximum Gasteiger partial charge on any atom is 0.206 e. The van der Waals surface area contributed by atoms with Gasteiger partial charge in [0, 0.05) is 12.1 Å². The van der Waals surface area contributed by atoms with Crippen molar-refractivity contribution in [3.05, 3.63) is 17.5 Å². The van der Waals surface area contributed by atoms with Crippen LogP contribution in [0.2, 0.25) is 0 Å². The lowest BCUT2D eigenvalue weighted by Gasteiger charge is -2.14. The number of nitrogens with zero attached hydrogens (tertiary/aromatic N) is 2. The van der Waals surface area contributed by atoms with Gasteiger partial charge in [0.25, 0.3) is 0 Å². The van der Waals surface area contributed by atoms with Crippen molar-refractivity contribution in [2.24, 2.45) is 10.8 Å². The van der Waals surface area contributed by atoms with Gasteiger partial charge < -0.3 is 9.84 Å². The first-order chi connectivity index (χ1) is 8.28. The zero-order valence-electron chi connectivity index (χ0n) is 10.1. The third kappa shape index (κ3) is 3.45. The quantitative estimate of drug-likeness (QED) is 0.314. The number of hydrogen-bond acceptors (Lipinski definition) is 4. The van der Waals surface area contributed by atoms with Gasteiger partial charge in [-0.05, 0) is 19.8 Å². The third-order valence-corrected chi connectivity index (χ3v) is 2.90. The van der Waals surface area contributed by atoms with Gasteiger partial charge >= 0.3 is 0 Å². The van der Waals surface area contributed by atoms with E-state index in [9.17, 15) is 0 Å². The van der Waals surface area contributed by atoms with Crippen LogP contribution in [0.5, 0.6) is 0 Å². The van der Waals surface area contributed by atoms with Crippen LogP contribution in [0, 0.1) is 6.92 Å². The molecule has 0 unspecified atom stereocenters. The summed E-state index contributed by atoms with van der Waals surface area (Å²) in [6.07, 6.45) is 4.91. The van der Waals surface area contributed by atoms with Gasteiger partial charge in [-0.3, -0.25) is 5.43 Å². The molecule has 0 aromatic carbocycles. The first-order valence-electron chi connectivity index (χ1n) is 5.97. The number of hydrazine groups is 1. The summed E-state index contributed by atoms with van der Waals surface area (Å²) in [7, 11) is 0. The lowest BCUT2D eigenvalue weighted by atomic mass is 10.2. The van der Waals surface area contributed by atoms with Crippen LogP contribution in [0.15, 0.2) is 15.6 Å². The number of hydrogen-bond donors (Lipinski definition) is 3. The molecule has 0 bridgehead atoms. The molecule has 4 N–H and O–H groups in total. The minimum absolute atomic E-state index is 0.445. The van der Waals surface area contributed by atoms with Gasteiger partial charge in [0.05, 0.1) is 5.69 Å². The van der Waals surface area contributed by atoms with Gasteiger partial charge in [0.2, 0.25) is 5.96 Å². The molecule has 0 atom stereocenters. The molecule has 1 fully saturated rings. The van der Waals surface area contributed by atoms with Crippen LogP contribution < -0.4 is 16.6 Å². The van der Waals surface area contributed by atoms with Gasteiger partial charge in [0.15, 0.2) is 5.76 Å². The molecule has 0 saturated heterocycles. The van der Waals surface area contributed by atoms with Crippen LogP contribution in [0.1, 0.15) is 37.1 Å². The molecule has 94 valence electrons. The van der Waals surface area contributed by atoms with Gasteiger partial charge in [0.1, 0.15) is 6.54 Å². The summed E-state index contributed by atoms with van der Waals surface area (Å²) < 4.78 is 5.08. The van der Waals surface area contributed by atoms with Crippen molar-refractivity contribution in [3.63, 3.8) is 0 Å². The Morgan fingerprint density at radius 2 is 2.35 bits per heavy atom. The molecular weight excluding hydrogens is 218 g/mol. The van der Waals surface area contributed by atoms with Gasteiger partial charge in [-0.15, -0.1) is 0 Å². The van der Waals surface area contributed by atoms with Crippen LogP contribution >= 0.6 is 0 Å². The van der Waals surface area contributed by atoms with Crippen LogP contribution in [-0.4, -0.2) is 17.2 Å². The molecule has 1 aliphatic carbocycles. The second kappa shape index (κ2) is 5.67. The lowest BCUT2D eigenvalue weighted by Crippen LogP contribution is -2.45. The largest absolute Gasteiger partial charge is 0.359 e. The molecule has 1 aliphatic rings. The molecule has 2 rings (SSSR count). The number of aryl methyl sites for hydroxylation is 1. The normalized spacial score (nSPS) is 17.4. The Balaban J connectivity index is 1.88. The minimum atomic E-state index is 0.445. The second-order valence-corrected chi connectivity index (χ2v) is 4.37. The number of nitrogens with two attached hydrogens (primary N) is 1. The lowest BCUT2D eigenvalue weighted by molar-refractivity contribution is 0.381. The van der Waals surface area contributed by atoms with E-state index in [0.29, 0.717) is 18.5 Å². The summed E-state index contributed by atoms with van der Waals surface area (Å²) in [6, 6.07) is 2.36. The average molecular weight is 237 g/mol. The summed E-state index contributed by atoms with van der Waals surface area (Å²) in [6.45, 7) is 2.33. The Labute approximate surface area is 101 Å². The molecule has 6 nitrogen and oxygen atoms in total. The van der Waals surface area contributed by atoms with E-state index in [1.807, 2.05) is 13.0 Å². The van der Waals surface area contributed by atoms with Crippen molar-refractivity contribution in [2.45, 2.75) is 45.2 Å². The summed E-state index contributed by atoms with van der Waals surface area (Å²) >= 11 is 0. The van der Waals surface area contributed by atoms with E-state index in [1.165, 1.54) is 25.7 Å². The monoisotopic (exact) mass is 237 g/mol. The van der Waals surface area contributed by atoms with E-state index < -0.39 is 0 Å². The topological polar surface area (TPSA) is 88.5 Å². The fraction of sp³-hybridized carbons (Fsp3) is 0.636. The van der Waals surface area contributed by atoms with E-state index in [-0.39, 0.29) is 0 Å². The number of aromatic nitrogens is 1. The molecule has 1 saturated carbocycles. The van der Waals surface area contributed by atoms with Crippen molar-refractivity contribution >= 4 is 5.96 Å². The van der Waals surface area contributed by atoms with Gasteiger partial charge in [-0.25, -0.2) is 10.8 Å². The Hall–Kier alpha value is -1.56. The highest BCUT2D eigenvalue weighted by Gasteiger charge is 2.15. The van der Waals surface area contributed by atoms with E-state index >= 15 is 0 Å². The predicted octanol–water partition coefficient (Wildman–Crippen LogP) is 0.835. The zero-order chi connectivity index (χ0) is 12.1. The average Bonchev–Trinajstić information content (AvgIpc) is 2.96. The highest BCUT2D eigenvalue weighted by molar-refractivity contribution is 5.79. The highest BCUT2D eigenvalue weighted by atomic mass is 16.5. The molecule has 0 aliphatic heterocycles. The smallest absolute Gasteiger partial charge is 0.206 e. The van der Waals surface area contributed by atoms with Crippen LogP contribution in [-0.2, 0) is 6.54 Å². The number of rotatable bonds is 3.